The average Bonchev–Trinajstić information content (AvgIpc) is 3.13. The van der Waals surface area contributed by atoms with E-state index in [1.165, 1.54) is 5.56 Å². The molecule has 1 aliphatic rings. The Morgan fingerprint density at radius 2 is 1.77 bits per heavy atom. The highest BCUT2D eigenvalue weighted by molar-refractivity contribution is 7.97. The number of ether oxygens (including phenoxy) is 1. The van der Waals surface area contributed by atoms with E-state index in [0.717, 1.165) is 36.7 Å². The van der Waals surface area contributed by atoms with E-state index < -0.39 is 0 Å². The Kier molecular flexibility index (Phi) is 13.7. The van der Waals surface area contributed by atoms with Crippen LogP contribution in [-0.2, 0) is 11.2 Å². The van der Waals surface area contributed by atoms with Gasteiger partial charge in [0.05, 0.1) is 5.69 Å². The van der Waals surface area contributed by atoms with Gasteiger partial charge in [-0.2, -0.15) is 0 Å². The quantitative estimate of drug-likeness (QED) is 0.513. The van der Waals surface area contributed by atoms with Crippen LogP contribution in [0.25, 0.3) is 0 Å². The van der Waals surface area contributed by atoms with Gasteiger partial charge in [-0.1, -0.05) is 42.5 Å². The van der Waals surface area contributed by atoms with E-state index >= 15 is 0 Å². The van der Waals surface area contributed by atoms with Gasteiger partial charge in [0.15, 0.2) is 0 Å². The van der Waals surface area contributed by atoms with Crippen LogP contribution >= 0.6 is 11.9 Å². The molecule has 2 N–H and O–H groups in total. The molecule has 6 nitrogen and oxygen atoms in total. The van der Waals surface area contributed by atoms with E-state index in [1.807, 2.05) is 48.2 Å². The average molecular weight is 447 g/mol. The van der Waals surface area contributed by atoms with Gasteiger partial charge in [-0.25, -0.2) is 4.79 Å². The summed E-state index contributed by atoms with van der Waals surface area (Å²) >= 11 is 1.62. The number of amides is 2. The minimum absolute atomic E-state index is 0.0380. The first-order chi connectivity index (χ1) is 14.9. The van der Waals surface area contributed by atoms with E-state index in [0.29, 0.717) is 0 Å². The maximum Gasteiger partial charge on any atom is 0.321 e. The van der Waals surface area contributed by atoms with Gasteiger partial charge in [-0.05, 0) is 64.0 Å². The van der Waals surface area contributed by atoms with Crippen molar-refractivity contribution in [3.63, 3.8) is 0 Å². The van der Waals surface area contributed by atoms with Crippen molar-refractivity contribution in [3.8, 4) is 0 Å². The Morgan fingerprint density at radius 1 is 1.19 bits per heavy atom. The van der Waals surface area contributed by atoms with Crippen LogP contribution in [0.5, 0.6) is 0 Å². The molecule has 7 heteroatoms. The third-order valence-corrected chi connectivity index (χ3v) is 5.35. The van der Waals surface area contributed by atoms with Crippen LogP contribution in [0.15, 0.2) is 59.5 Å². The summed E-state index contributed by atoms with van der Waals surface area (Å²) in [6.07, 6.45) is 0.918. The predicted molar refractivity (Wildman–Crippen MR) is 133 cm³/mol. The Hall–Kier alpha value is -2.06. The fraction of sp³-hybridized carbons (Fsp3) is 0.458. The van der Waals surface area contributed by atoms with Crippen molar-refractivity contribution in [2.24, 2.45) is 0 Å². The molecule has 2 aromatic rings. The van der Waals surface area contributed by atoms with Gasteiger partial charge >= 0.3 is 6.03 Å². The zero-order chi connectivity index (χ0) is 23.1. The normalized spacial score (nSPS) is 14.2. The summed E-state index contributed by atoms with van der Waals surface area (Å²) in [4.78, 5) is 17.1. The number of urea groups is 1. The summed E-state index contributed by atoms with van der Waals surface area (Å²) in [6, 6.07) is 18.5. The van der Waals surface area contributed by atoms with Crippen LogP contribution < -0.4 is 14.9 Å². The number of hydrogen-bond donors (Lipinski definition) is 2. The smallest absolute Gasteiger partial charge is 0.321 e. The van der Waals surface area contributed by atoms with Crippen molar-refractivity contribution in [2.45, 2.75) is 31.2 Å². The standard InChI is InChI=1S/C15H24N4OS.C6H6.C3H8O/c1-11-9-12-5-6-13(21-17-7-8-18(3)4)10-14(12)19(11)15(20)16-2;1-2-4-6-5-3-1;1-3-4-2/h5-6,10-11,17H,7-9H2,1-4H3,(H,16,20);1-6H;3H2,1-2H3. The van der Waals surface area contributed by atoms with Crippen LogP contribution in [0.3, 0.4) is 0 Å². The van der Waals surface area contributed by atoms with Crippen LogP contribution in [0.4, 0.5) is 10.5 Å². The zero-order valence-corrected chi connectivity index (χ0v) is 20.5. The molecule has 31 heavy (non-hydrogen) atoms. The monoisotopic (exact) mass is 446 g/mol. The highest BCUT2D eigenvalue weighted by atomic mass is 32.2. The molecule has 0 aliphatic carbocycles. The second kappa shape index (κ2) is 15.7. The number of methoxy groups -OCH3 is 1. The second-order valence-corrected chi connectivity index (χ2v) is 8.26. The summed E-state index contributed by atoms with van der Waals surface area (Å²) in [5, 5.41) is 2.72. The van der Waals surface area contributed by atoms with E-state index in [2.05, 4.69) is 58.9 Å². The summed E-state index contributed by atoms with van der Waals surface area (Å²) in [6.45, 7) is 6.78. The minimum atomic E-state index is -0.0380. The Bertz CT molecular complexity index is 715. The largest absolute Gasteiger partial charge is 0.385 e. The number of nitrogens with one attached hydrogen (secondary N) is 2. The molecule has 0 saturated carbocycles. The first-order valence-electron chi connectivity index (χ1n) is 10.6. The lowest BCUT2D eigenvalue weighted by Gasteiger charge is -2.22. The van der Waals surface area contributed by atoms with Crippen LogP contribution in [-0.4, -0.2) is 64.9 Å². The lowest BCUT2D eigenvalue weighted by atomic mass is 10.1. The van der Waals surface area contributed by atoms with Gasteiger partial charge < -0.3 is 15.0 Å². The van der Waals surface area contributed by atoms with Crippen molar-refractivity contribution < 1.29 is 9.53 Å². The maximum absolute atomic E-state index is 12.0. The topological polar surface area (TPSA) is 56.8 Å². The molecule has 172 valence electrons. The molecule has 1 aliphatic heterocycles. The van der Waals surface area contributed by atoms with Crippen molar-refractivity contribution in [2.75, 3.05) is 52.8 Å². The molecule has 2 aromatic carbocycles. The maximum atomic E-state index is 12.0. The predicted octanol–water partition coefficient (Wildman–Crippen LogP) is 4.27. The van der Waals surface area contributed by atoms with Gasteiger partial charge in [0.25, 0.3) is 0 Å². The van der Waals surface area contributed by atoms with Gasteiger partial charge in [0.1, 0.15) is 0 Å². The van der Waals surface area contributed by atoms with E-state index in [1.54, 1.807) is 26.1 Å². The molecule has 2 amide bonds. The Morgan fingerprint density at radius 3 is 2.26 bits per heavy atom. The number of carbonyl (C=O) groups is 1. The molecule has 0 radical (unpaired) electrons. The molecule has 0 aromatic heterocycles. The summed E-state index contributed by atoms with van der Waals surface area (Å²) in [5.41, 5.74) is 2.27. The van der Waals surface area contributed by atoms with Crippen molar-refractivity contribution in [1.29, 1.82) is 0 Å². The summed E-state index contributed by atoms with van der Waals surface area (Å²) in [5.74, 6) is 0. The van der Waals surface area contributed by atoms with E-state index in [4.69, 9.17) is 0 Å². The lowest BCUT2D eigenvalue weighted by molar-refractivity contribution is 0.215. The number of likely N-dealkylation sites (N-methyl/N-ethyl adjacent to an activating group) is 1. The number of hydrogen-bond acceptors (Lipinski definition) is 5. The van der Waals surface area contributed by atoms with Crippen molar-refractivity contribution in [1.82, 2.24) is 14.9 Å². The highest BCUT2D eigenvalue weighted by Crippen LogP contribution is 2.34. The van der Waals surface area contributed by atoms with Crippen molar-refractivity contribution in [3.05, 3.63) is 60.2 Å². The number of carbonyl (C=O) groups excluding carboxylic acids is 1. The minimum Gasteiger partial charge on any atom is -0.385 e. The third kappa shape index (κ3) is 10.2. The number of benzene rings is 2. The molecule has 0 bridgehead atoms. The first kappa shape index (κ1) is 27.0. The molecule has 0 fully saturated rings. The van der Waals surface area contributed by atoms with Gasteiger partial charge in [0, 0.05) is 44.8 Å². The Labute approximate surface area is 192 Å². The van der Waals surface area contributed by atoms with Gasteiger partial charge in [0.2, 0.25) is 0 Å². The molecule has 0 spiro atoms. The fourth-order valence-electron chi connectivity index (χ4n) is 2.87. The summed E-state index contributed by atoms with van der Waals surface area (Å²) < 4.78 is 7.89. The lowest BCUT2D eigenvalue weighted by Crippen LogP contribution is -2.41. The van der Waals surface area contributed by atoms with E-state index in [-0.39, 0.29) is 12.1 Å². The fourth-order valence-corrected chi connectivity index (χ4v) is 3.54. The molecule has 3 rings (SSSR count). The van der Waals surface area contributed by atoms with Crippen LogP contribution in [0.1, 0.15) is 19.4 Å². The SMILES string of the molecule is CCOC.CNC(=O)N1c2cc(SNCCN(C)C)ccc2CC1C.c1ccccc1. The van der Waals surface area contributed by atoms with Crippen LogP contribution in [0, 0.1) is 0 Å². The third-order valence-electron chi connectivity index (χ3n) is 4.51. The summed E-state index contributed by atoms with van der Waals surface area (Å²) in [7, 11) is 7.48. The number of rotatable bonds is 6. The number of anilines is 1. The van der Waals surface area contributed by atoms with Crippen molar-refractivity contribution >= 4 is 23.7 Å². The van der Waals surface area contributed by atoms with E-state index in [9.17, 15) is 4.79 Å². The second-order valence-electron chi connectivity index (χ2n) is 7.30. The molecular formula is C24H38N4O2S. The first-order valence-corrected chi connectivity index (χ1v) is 11.4. The highest BCUT2D eigenvalue weighted by Gasteiger charge is 2.30. The molecule has 1 atom stereocenters. The van der Waals surface area contributed by atoms with Crippen LogP contribution in [0.2, 0.25) is 0 Å². The van der Waals surface area contributed by atoms with Gasteiger partial charge in [-0.3, -0.25) is 9.62 Å². The number of nitrogens with zero attached hydrogens (tertiary/aromatic N) is 2. The molecule has 1 unspecified atom stereocenters. The molecular weight excluding hydrogens is 408 g/mol. The zero-order valence-electron chi connectivity index (χ0n) is 19.7. The molecule has 0 saturated heterocycles. The Balaban J connectivity index is 0.000000395. The van der Waals surface area contributed by atoms with Gasteiger partial charge in [-0.15, -0.1) is 0 Å². The number of fused-ring (bicyclic) bond motifs is 1. The molecule has 1 heterocycles.